The van der Waals surface area contributed by atoms with Gasteiger partial charge in [-0.25, -0.2) is 17.5 Å². The molecular formula is C10H12N2O6S. The van der Waals surface area contributed by atoms with E-state index < -0.39 is 21.0 Å². The summed E-state index contributed by atoms with van der Waals surface area (Å²) in [6.45, 7) is 1.55. The van der Waals surface area contributed by atoms with Gasteiger partial charge in [0.25, 0.3) is 15.7 Å². The van der Waals surface area contributed by atoms with Gasteiger partial charge in [0.05, 0.1) is 16.4 Å². The standard InChI is InChI=1S/C10H12N2O6S/c1-3-18-10(13)11(2)19(16,17)9-6-4-5-8(7-9)12(14)15/h4-7H,3H2,1-2H3. The first-order valence-electron chi connectivity index (χ1n) is 5.21. The van der Waals surface area contributed by atoms with Crippen LogP contribution in [0.4, 0.5) is 10.5 Å². The molecule has 1 rings (SSSR count). The minimum Gasteiger partial charge on any atom is -0.449 e. The van der Waals surface area contributed by atoms with E-state index in [0.29, 0.717) is 4.31 Å². The number of nitro benzene ring substituents is 1. The molecule has 0 saturated carbocycles. The average Bonchev–Trinajstić information content (AvgIpc) is 2.38. The first-order chi connectivity index (χ1) is 8.80. The van der Waals surface area contributed by atoms with Crippen molar-refractivity contribution in [2.75, 3.05) is 13.7 Å². The largest absolute Gasteiger partial charge is 0.449 e. The van der Waals surface area contributed by atoms with E-state index in [9.17, 15) is 23.3 Å². The molecule has 19 heavy (non-hydrogen) atoms. The molecule has 0 aliphatic carbocycles. The summed E-state index contributed by atoms with van der Waals surface area (Å²) >= 11 is 0. The van der Waals surface area contributed by atoms with Crippen molar-refractivity contribution in [3.8, 4) is 0 Å². The summed E-state index contributed by atoms with van der Waals surface area (Å²) < 4.78 is 29.0. The molecule has 1 aromatic carbocycles. The maximum Gasteiger partial charge on any atom is 0.423 e. The number of ether oxygens (including phenoxy) is 1. The zero-order valence-electron chi connectivity index (χ0n) is 10.3. The minimum absolute atomic E-state index is 0.0215. The van der Waals surface area contributed by atoms with Crippen LogP contribution in [0.5, 0.6) is 0 Å². The lowest BCUT2D eigenvalue weighted by atomic mass is 10.3. The molecule has 0 spiro atoms. The maximum absolute atomic E-state index is 12.0. The molecule has 0 aliphatic heterocycles. The van der Waals surface area contributed by atoms with Crippen LogP contribution in [-0.2, 0) is 14.8 Å². The molecule has 9 heteroatoms. The Morgan fingerprint density at radius 3 is 2.63 bits per heavy atom. The highest BCUT2D eigenvalue weighted by Gasteiger charge is 2.27. The van der Waals surface area contributed by atoms with Crippen LogP contribution in [-0.4, -0.2) is 37.4 Å². The molecule has 104 valence electrons. The van der Waals surface area contributed by atoms with E-state index in [1.165, 1.54) is 13.0 Å². The quantitative estimate of drug-likeness (QED) is 0.611. The van der Waals surface area contributed by atoms with E-state index in [-0.39, 0.29) is 17.2 Å². The van der Waals surface area contributed by atoms with E-state index in [4.69, 9.17) is 0 Å². The lowest BCUT2D eigenvalue weighted by Gasteiger charge is -2.16. The highest BCUT2D eigenvalue weighted by molar-refractivity contribution is 7.89. The van der Waals surface area contributed by atoms with Gasteiger partial charge in [0, 0.05) is 19.2 Å². The molecule has 0 fully saturated rings. The summed E-state index contributed by atoms with van der Waals surface area (Å²) in [5.74, 6) is 0. The molecule has 0 radical (unpaired) electrons. The van der Waals surface area contributed by atoms with Crippen LogP contribution in [0.25, 0.3) is 0 Å². The molecule has 0 heterocycles. The molecular weight excluding hydrogens is 276 g/mol. The molecule has 8 nitrogen and oxygen atoms in total. The van der Waals surface area contributed by atoms with E-state index in [0.717, 1.165) is 25.2 Å². The summed E-state index contributed by atoms with van der Waals surface area (Å²) in [5.41, 5.74) is -0.377. The number of sulfonamides is 1. The van der Waals surface area contributed by atoms with Crippen LogP contribution < -0.4 is 0 Å². The van der Waals surface area contributed by atoms with Crippen LogP contribution in [0.1, 0.15) is 6.92 Å². The van der Waals surface area contributed by atoms with Gasteiger partial charge >= 0.3 is 6.09 Å². The summed E-state index contributed by atoms with van der Waals surface area (Å²) in [7, 11) is -3.14. The van der Waals surface area contributed by atoms with Crippen molar-refractivity contribution in [3.63, 3.8) is 0 Å². The highest BCUT2D eigenvalue weighted by atomic mass is 32.2. The Balaban J connectivity index is 3.16. The predicted molar refractivity (Wildman–Crippen MR) is 65.1 cm³/mol. The van der Waals surface area contributed by atoms with E-state index >= 15 is 0 Å². The molecule has 1 aromatic rings. The number of hydrogen-bond donors (Lipinski definition) is 0. The van der Waals surface area contributed by atoms with Gasteiger partial charge in [-0.2, -0.15) is 0 Å². The molecule has 0 N–H and O–H groups in total. The number of carbonyl (C=O) groups excluding carboxylic acids is 1. The molecule has 0 saturated heterocycles. The fourth-order valence-corrected chi connectivity index (χ4v) is 2.31. The van der Waals surface area contributed by atoms with Gasteiger partial charge < -0.3 is 4.74 Å². The second-order valence-corrected chi connectivity index (χ2v) is 5.40. The summed E-state index contributed by atoms with van der Waals surface area (Å²) in [6, 6.07) is 4.43. The van der Waals surface area contributed by atoms with Crippen molar-refractivity contribution in [2.45, 2.75) is 11.8 Å². The van der Waals surface area contributed by atoms with Crippen molar-refractivity contribution in [3.05, 3.63) is 34.4 Å². The second-order valence-electron chi connectivity index (χ2n) is 3.43. The second kappa shape index (κ2) is 5.65. The predicted octanol–water partition coefficient (Wildman–Crippen LogP) is 1.37. The lowest BCUT2D eigenvalue weighted by molar-refractivity contribution is -0.385. The fourth-order valence-electron chi connectivity index (χ4n) is 1.23. The van der Waals surface area contributed by atoms with Crippen molar-refractivity contribution < 1.29 is 22.9 Å². The van der Waals surface area contributed by atoms with E-state index in [1.54, 1.807) is 0 Å². The molecule has 0 aliphatic rings. The Kier molecular flexibility index (Phi) is 4.43. The summed E-state index contributed by atoms with van der Waals surface area (Å²) in [4.78, 5) is 20.9. The molecule has 0 atom stereocenters. The zero-order valence-corrected chi connectivity index (χ0v) is 11.1. The number of rotatable bonds is 4. The number of benzene rings is 1. The third-order valence-corrected chi connectivity index (χ3v) is 3.93. The van der Waals surface area contributed by atoms with Crippen molar-refractivity contribution in [1.29, 1.82) is 0 Å². The van der Waals surface area contributed by atoms with Crippen molar-refractivity contribution in [1.82, 2.24) is 4.31 Å². The molecule has 0 aromatic heterocycles. The van der Waals surface area contributed by atoms with Gasteiger partial charge in [-0.3, -0.25) is 10.1 Å². The zero-order chi connectivity index (χ0) is 14.6. The molecule has 1 amide bonds. The smallest absolute Gasteiger partial charge is 0.423 e. The normalized spacial score (nSPS) is 10.8. The number of non-ortho nitro benzene ring substituents is 1. The third kappa shape index (κ3) is 3.19. The van der Waals surface area contributed by atoms with Gasteiger partial charge in [-0.1, -0.05) is 6.07 Å². The van der Waals surface area contributed by atoms with Gasteiger partial charge in [0.1, 0.15) is 0 Å². The van der Waals surface area contributed by atoms with Crippen molar-refractivity contribution >= 4 is 21.8 Å². The number of nitrogens with zero attached hydrogens (tertiary/aromatic N) is 2. The Hall–Kier alpha value is -2.16. The number of hydrogen-bond acceptors (Lipinski definition) is 6. The summed E-state index contributed by atoms with van der Waals surface area (Å²) in [6.07, 6.45) is -1.05. The van der Waals surface area contributed by atoms with E-state index in [1.807, 2.05) is 0 Å². The summed E-state index contributed by atoms with van der Waals surface area (Å²) in [5, 5.41) is 10.6. The van der Waals surface area contributed by atoms with Gasteiger partial charge in [-0.15, -0.1) is 0 Å². The van der Waals surface area contributed by atoms with Gasteiger partial charge in [0.15, 0.2) is 0 Å². The van der Waals surface area contributed by atoms with Crippen LogP contribution in [0.15, 0.2) is 29.2 Å². The van der Waals surface area contributed by atoms with Crippen LogP contribution in [0.2, 0.25) is 0 Å². The average molecular weight is 288 g/mol. The van der Waals surface area contributed by atoms with Crippen LogP contribution in [0.3, 0.4) is 0 Å². The van der Waals surface area contributed by atoms with Crippen LogP contribution >= 0.6 is 0 Å². The van der Waals surface area contributed by atoms with Gasteiger partial charge in [0.2, 0.25) is 0 Å². The Labute approximate surface area is 109 Å². The molecule has 0 bridgehead atoms. The minimum atomic E-state index is -4.16. The van der Waals surface area contributed by atoms with Crippen LogP contribution in [0, 0.1) is 10.1 Å². The Bertz CT molecular complexity index is 598. The van der Waals surface area contributed by atoms with Gasteiger partial charge in [-0.05, 0) is 13.0 Å². The molecule has 0 unspecified atom stereocenters. The SMILES string of the molecule is CCOC(=O)N(C)S(=O)(=O)c1cccc([N+](=O)[O-])c1. The Morgan fingerprint density at radius 1 is 1.47 bits per heavy atom. The first kappa shape index (κ1) is 14.9. The first-order valence-corrected chi connectivity index (χ1v) is 6.65. The topological polar surface area (TPSA) is 107 Å². The number of carbonyl (C=O) groups is 1. The lowest BCUT2D eigenvalue weighted by Crippen LogP contribution is -2.33. The maximum atomic E-state index is 12.0. The van der Waals surface area contributed by atoms with Crippen molar-refractivity contribution in [2.24, 2.45) is 0 Å². The number of nitro groups is 1. The fraction of sp³-hybridized carbons (Fsp3) is 0.300. The Morgan fingerprint density at radius 2 is 2.11 bits per heavy atom. The monoisotopic (exact) mass is 288 g/mol. The van der Waals surface area contributed by atoms with E-state index in [2.05, 4.69) is 4.74 Å². The third-order valence-electron chi connectivity index (χ3n) is 2.21. The highest BCUT2D eigenvalue weighted by Crippen LogP contribution is 2.20. The number of amides is 1.